The molecular formula is C25H21FN10. The van der Waals surface area contributed by atoms with Gasteiger partial charge in [-0.3, -0.25) is 13.8 Å². The first-order valence-electron chi connectivity index (χ1n) is 11.2. The van der Waals surface area contributed by atoms with Crippen LogP contribution in [0.1, 0.15) is 5.69 Å². The van der Waals surface area contributed by atoms with Crippen molar-refractivity contribution in [2.24, 2.45) is 14.1 Å². The van der Waals surface area contributed by atoms with Gasteiger partial charge in [0.05, 0.1) is 17.5 Å². The van der Waals surface area contributed by atoms with Gasteiger partial charge < -0.3 is 5.32 Å². The highest BCUT2D eigenvalue weighted by atomic mass is 19.1. The molecule has 6 aromatic rings. The fraction of sp³-hybridized carbons (Fsp3) is 0.120. The molecule has 0 spiro atoms. The van der Waals surface area contributed by atoms with Crippen LogP contribution in [-0.4, -0.2) is 44.1 Å². The highest BCUT2D eigenvalue weighted by molar-refractivity contribution is 5.81. The van der Waals surface area contributed by atoms with Gasteiger partial charge in [0.25, 0.3) is 0 Å². The SMILES string of the molecule is Cc1c(-c2nnc3cc(-c4ccnc(Nc5ccnn5C)n4)ccn23)c(-c2cccc(F)c2)nn1C. The third kappa shape index (κ3) is 3.66. The molecule has 0 aliphatic carbocycles. The molecule has 5 aromatic heterocycles. The summed E-state index contributed by atoms with van der Waals surface area (Å²) in [6, 6.07) is 13.9. The summed E-state index contributed by atoms with van der Waals surface area (Å²) in [6.07, 6.45) is 5.30. The van der Waals surface area contributed by atoms with E-state index >= 15 is 0 Å². The summed E-state index contributed by atoms with van der Waals surface area (Å²) in [5, 5.41) is 20.8. The Morgan fingerprint density at radius 2 is 1.81 bits per heavy atom. The standard InChI is InChI=1S/C25H21FN10/c1-15-22(23(33-34(15)2)17-5-4-6-18(26)13-17)24-32-31-21-14-16(9-12-36(21)24)19-7-10-27-25(29-19)30-20-8-11-28-35(20)3/h4-14H,1-3H3,(H,27,29,30). The molecule has 6 rings (SSSR count). The zero-order valence-corrected chi connectivity index (χ0v) is 19.8. The number of anilines is 2. The van der Waals surface area contributed by atoms with Gasteiger partial charge in [-0.2, -0.15) is 10.2 Å². The van der Waals surface area contributed by atoms with E-state index in [-0.39, 0.29) is 5.82 Å². The first kappa shape index (κ1) is 21.6. The van der Waals surface area contributed by atoms with Crippen LogP contribution >= 0.6 is 0 Å². The molecule has 0 aliphatic rings. The minimum absolute atomic E-state index is 0.320. The van der Waals surface area contributed by atoms with Crippen molar-refractivity contribution in [3.8, 4) is 33.9 Å². The molecule has 1 N–H and O–H groups in total. The van der Waals surface area contributed by atoms with Gasteiger partial charge in [0, 0.05) is 49.4 Å². The van der Waals surface area contributed by atoms with E-state index in [4.69, 9.17) is 0 Å². The van der Waals surface area contributed by atoms with Crippen LogP contribution in [0.2, 0.25) is 0 Å². The van der Waals surface area contributed by atoms with E-state index in [0.29, 0.717) is 28.7 Å². The first-order valence-corrected chi connectivity index (χ1v) is 11.2. The molecular weight excluding hydrogens is 459 g/mol. The molecule has 0 saturated carbocycles. The number of hydrogen-bond acceptors (Lipinski definition) is 7. The van der Waals surface area contributed by atoms with Gasteiger partial charge in [-0.1, -0.05) is 12.1 Å². The van der Waals surface area contributed by atoms with Crippen LogP contribution in [0.4, 0.5) is 16.2 Å². The second-order valence-corrected chi connectivity index (χ2v) is 8.34. The predicted molar refractivity (Wildman–Crippen MR) is 133 cm³/mol. The van der Waals surface area contributed by atoms with E-state index in [1.165, 1.54) is 12.1 Å². The lowest BCUT2D eigenvalue weighted by Gasteiger charge is -2.07. The number of hydrogen-bond donors (Lipinski definition) is 1. The molecule has 0 saturated heterocycles. The number of pyridine rings is 1. The van der Waals surface area contributed by atoms with Crippen molar-refractivity contribution in [2.75, 3.05) is 5.32 Å². The minimum atomic E-state index is -0.320. The Kier molecular flexibility index (Phi) is 5.03. The number of nitrogens with zero attached hydrogens (tertiary/aromatic N) is 9. The molecule has 178 valence electrons. The van der Waals surface area contributed by atoms with Crippen molar-refractivity contribution in [1.29, 1.82) is 0 Å². The molecule has 0 aliphatic heterocycles. The zero-order chi connectivity index (χ0) is 24.8. The Balaban J connectivity index is 1.40. The van der Waals surface area contributed by atoms with E-state index in [1.54, 1.807) is 27.8 Å². The molecule has 10 nitrogen and oxygen atoms in total. The van der Waals surface area contributed by atoms with Gasteiger partial charge in [-0.15, -0.1) is 10.2 Å². The van der Waals surface area contributed by atoms with Crippen LogP contribution in [0.15, 0.2) is 67.1 Å². The third-order valence-corrected chi connectivity index (χ3v) is 6.08. The number of aromatic nitrogens is 9. The van der Waals surface area contributed by atoms with Crippen molar-refractivity contribution < 1.29 is 4.39 Å². The summed E-state index contributed by atoms with van der Waals surface area (Å²) in [5.74, 6) is 1.55. The molecule has 0 fully saturated rings. The molecule has 0 amide bonds. The van der Waals surface area contributed by atoms with Gasteiger partial charge in [0.1, 0.15) is 17.3 Å². The van der Waals surface area contributed by atoms with E-state index in [2.05, 4.69) is 35.7 Å². The van der Waals surface area contributed by atoms with Crippen LogP contribution in [0.25, 0.3) is 39.5 Å². The molecule has 1 aromatic carbocycles. The zero-order valence-electron chi connectivity index (χ0n) is 19.8. The summed E-state index contributed by atoms with van der Waals surface area (Å²) < 4.78 is 19.3. The van der Waals surface area contributed by atoms with E-state index in [9.17, 15) is 4.39 Å². The lowest BCUT2D eigenvalue weighted by molar-refractivity contribution is 0.628. The summed E-state index contributed by atoms with van der Waals surface area (Å²) in [4.78, 5) is 8.95. The fourth-order valence-electron chi connectivity index (χ4n) is 4.13. The number of fused-ring (bicyclic) bond motifs is 1. The average molecular weight is 481 g/mol. The second-order valence-electron chi connectivity index (χ2n) is 8.34. The molecule has 0 radical (unpaired) electrons. The lowest BCUT2D eigenvalue weighted by Crippen LogP contribution is -2.03. The van der Waals surface area contributed by atoms with Gasteiger partial charge >= 0.3 is 0 Å². The van der Waals surface area contributed by atoms with Gasteiger partial charge in [0.15, 0.2) is 11.5 Å². The lowest BCUT2D eigenvalue weighted by atomic mass is 10.1. The highest BCUT2D eigenvalue weighted by Gasteiger charge is 2.22. The maximum atomic E-state index is 14.0. The number of aryl methyl sites for hydroxylation is 2. The quantitative estimate of drug-likeness (QED) is 0.395. The van der Waals surface area contributed by atoms with Crippen LogP contribution in [-0.2, 0) is 14.1 Å². The Labute approximate surface area is 205 Å². The molecule has 36 heavy (non-hydrogen) atoms. The molecule has 11 heteroatoms. The minimum Gasteiger partial charge on any atom is -0.309 e. The van der Waals surface area contributed by atoms with E-state index < -0.39 is 0 Å². The molecule has 0 unspecified atom stereocenters. The van der Waals surface area contributed by atoms with Crippen molar-refractivity contribution >= 4 is 17.4 Å². The molecule has 0 bridgehead atoms. The molecule has 5 heterocycles. The summed E-state index contributed by atoms with van der Waals surface area (Å²) in [6.45, 7) is 1.96. The van der Waals surface area contributed by atoms with Gasteiger partial charge in [-0.25, -0.2) is 14.4 Å². The Morgan fingerprint density at radius 3 is 2.61 bits per heavy atom. The second kappa shape index (κ2) is 8.38. The fourth-order valence-corrected chi connectivity index (χ4v) is 4.13. The average Bonchev–Trinajstić information content (AvgIpc) is 3.56. The Bertz CT molecular complexity index is 1730. The predicted octanol–water partition coefficient (Wildman–Crippen LogP) is 4.18. The smallest absolute Gasteiger partial charge is 0.228 e. The highest BCUT2D eigenvalue weighted by Crippen LogP contribution is 2.34. The Hall–Kier alpha value is -4.93. The van der Waals surface area contributed by atoms with E-state index in [1.807, 2.05) is 61.9 Å². The summed E-state index contributed by atoms with van der Waals surface area (Å²) >= 11 is 0. The van der Waals surface area contributed by atoms with Gasteiger partial charge in [-0.05, 0) is 37.3 Å². The Morgan fingerprint density at radius 1 is 0.917 bits per heavy atom. The van der Waals surface area contributed by atoms with Crippen LogP contribution in [0.3, 0.4) is 0 Å². The summed E-state index contributed by atoms with van der Waals surface area (Å²) in [5.41, 5.74) is 5.27. The monoisotopic (exact) mass is 480 g/mol. The maximum Gasteiger partial charge on any atom is 0.228 e. The molecule has 0 atom stereocenters. The number of nitrogens with one attached hydrogen (secondary N) is 1. The van der Waals surface area contributed by atoms with Crippen LogP contribution < -0.4 is 5.32 Å². The topological polar surface area (TPSA) is 104 Å². The number of rotatable bonds is 5. The number of halogens is 1. The van der Waals surface area contributed by atoms with Crippen LogP contribution in [0.5, 0.6) is 0 Å². The van der Waals surface area contributed by atoms with Crippen molar-refractivity contribution in [1.82, 2.24) is 44.1 Å². The van der Waals surface area contributed by atoms with Crippen molar-refractivity contribution in [2.45, 2.75) is 6.92 Å². The normalized spacial score (nSPS) is 11.3. The van der Waals surface area contributed by atoms with Crippen LogP contribution in [0, 0.1) is 12.7 Å². The largest absolute Gasteiger partial charge is 0.309 e. The van der Waals surface area contributed by atoms with Gasteiger partial charge in [0.2, 0.25) is 5.95 Å². The van der Waals surface area contributed by atoms with Crippen molar-refractivity contribution in [3.05, 3.63) is 78.6 Å². The maximum absolute atomic E-state index is 14.0. The van der Waals surface area contributed by atoms with E-state index in [0.717, 1.165) is 28.3 Å². The first-order chi connectivity index (χ1) is 17.5. The number of benzene rings is 1. The summed E-state index contributed by atoms with van der Waals surface area (Å²) in [7, 11) is 3.70. The van der Waals surface area contributed by atoms with Crippen molar-refractivity contribution in [3.63, 3.8) is 0 Å². The third-order valence-electron chi connectivity index (χ3n) is 6.08.